The quantitative estimate of drug-likeness (QED) is 0.547. The van der Waals surface area contributed by atoms with Crippen LogP contribution in [0.25, 0.3) is 10.8 Å². The van der Waals surface area contributed by atoms with Gasteiger partial charge in [-0.2, -0.15) is 5.10 Å². The van der Waals surface area contributed by atoms with Crippen LogP contribution in [-0.2, 0) is 24.7 Å². The second kappa shape index (κ2) is 9.25. The summed E-state index contributed by atoms with van der Waals surface area (Å²) >= 11 is -2.33. The molecule has 29 heavy (non-hydrogen) atoms. The SMILES string of the molecule is COc1cc2c(Cc3ccc(N(C)S(=O)[O-])cc3)nn(C)c(=O)c2cc1OC.Cl. The Labute approximate surface area is 176 Å². The second-order valence-electron chi connectivity index (χ2n) is 6.19. The van der Waals surface area contributed by atoms with E-state index in [1.165, 1.54) is 25.9 Å². The molecule has 0 saturated carbocycles. The minimum Gasteiger partial charge on any atom is -0.755 e. The highest BCUT2D eigenvalue weighted by Crippen LogP contribution is 2.32. The molecular weight excluding hydrogens is 418 g/mol. The van der Waals surface area contributed by atoms with Crippen LogP contribution < -0.4 is 19.3 Å². The zero-order chi connectivity index (χ0) is 20.4. The first-order chi connectivity index (χ1) is 13.3. The molecule has 0 aliphatic carbocycles. The first kappa shape index (κ1) is 22.7. The maximum atomic E-state index is 12.5. The van der Waals surface area contributed by atoms with E-state index in [1.807, 2.05) is 12.1 Å². The van der Waals surface area contributed by atoms with Crippen molar-refractivity contribution in [1.29, 1.82) is 0 Å². The van der Waals surface area contributed by atoms with Crippen molar-refractivity contribution in [3.63, 3.8) is 0 Å². The molecular formula is C19H21ClN3O5S-. The maximum Gasteiger partial charge on any atom is 0.274 e. The van der Waals surface area contributed by atoms with Gasteiger partial charge >= 0.3 is 0 Å². The smallest absolute Gasteiger partial charge is 0.274 e. The lowest BCUT2D eigenvalue weighted by molar-refractivity contribution is 0.355. The molecule has 0 bridgehead atoms. The number of hydrogen-bond donors (Lipinski definition) is 0. The number of halogens is 1. The summed E-state index contributed by atoms with van der Waals surface area (Å²) in [5.41, 5.74) is 1.96. The second-order valence-corrected chi connectivity index (χ2v) is 7.17. The fourth-order valence-electron chi connectivity index (χ4n) is 2.98. The van der Waals surface area contributed by atoms with E-state index in [0.29, 0.717) is 40.1 Å². The first-order valence-electron chi connectivity index (χ1n) is 8.39. The van der Waals surface area contributed by atoms with Crippen molar-refractivity contribution in [1.82, 2.24) is 9.78 Å². The molecule has 0 aliphatic heterocycles. The Bertz CT molecular complexity index is 1100. The lowest BCUT2D eigenvalue weighted by Gasteiger charge is -2.21. The Morgan fingerprint density at radius 2 is 1.66 bits per heavy atom. The number of anilines is 1. The van der Waals surface area contributed by atoms with Crippen LogP contribution in [0.1, 0.15) is 11.3 Å². The van der Waals surface area contributed by atoms with Crippen LogP contribution in [-0.4, -0.2) is 39.8 Å². The van der Waals surface area contributed by atoms with Crippen LogP contribution in [0.5, 0.6) is 11.5 Å². The Morgan fingerprint density at radius 3 is 2.17 bits per heavy atom. The molecule has 2 aromatic carbocycles. The Balaban J connectivity index is 0.00000300. The van der Waals surface area contributed by atoms with Crippen LogP contribution in [0.15, 0.2) is 41.2 Å². The topological polar surface area (TPSA) is 96.7 Å². The van der Waals surface area contributed by atoms with Crippen molar-refractivity contribution in [2.75, 3.05) is 25.6 Å². The van der Waals surface area contributed by atoms with Gasteiger partial charge in [0.2, 0.25) is 0 Å². The number of fused-ring (bicyclic) bond motifs is 1. The Kier molecular flexibility index (Phi) is 7.23. The highest BCUT2D eigenvalue weighted by molar-refractivity contribution is 7.80. The van der Waals surface area contributed by atoms with Gasteiger partial charge < -0.3 is 18.3 Å². The molecule has 0 radical (unpaired) electrons. The molecule has 0 saturated heterocycles. The van der Waals surface area contributed by atoms with Gasteiger partial charge in [0, 0.05) is 42.9 Å². The van der Waals surface area contributed by atoms with Crippen LogP contribution in [0.3, 0.4) is 0 Å². The predicted octanol–water partition coefficient (Wildman–Crippen LogP) is 2.19. The van der Waals surface area contributed by atoms with Crippen molar-refractivity contribution >= 4 is 40.1 Å². The maximum absolute atomic E-state index is 12.5. The molecule has 3 aromatic rings. The average Bonchev–Trinajstić information content (AvgIpc) is 2.70. The summed E-state index contributed by atoms with van der Waals surface area (Å²) in [4.78, 5) is 12.5. The van der Waals surface area contributed by atoms with Gasteiger partial charge in [-0.3, -0.25) is 9.00 Å². The number of rotatable bonds is 6. The number of hydrogen-bond acceptors (Lipinski definition) is 6. The summed E-state index contributed by atoms with van der Waals surface area (Å²) in [5.74, 6) is 0.989. The van der Waals surface area contributed by atoms with E-state index in [9.17, 15) is 13.6 Å². The lowest BCUT2D eigenvalue weighted by atomic mass is 10.0. The minimum absolute atomic E-state index is 0. The summed E-state index contributed by atoms with van der Waals surface area (Å²) in [6.45, 7) is 0. The summed E-state index contributed by atoms with van der Waals surface area (Å²) in [7, 11) is 6.13. The van der Waals surface area contributed by atoms with Crippen molar-refractivity contribution in [2.24, 2.45) is 7.05 Å². The van der Waals surface area contributed by atoms with E-state index in [-0.39, 0.29) is 18.0 Å². The zero-order valence-corrected chi connectivity index (χ0v) is 18.0. The Morgan fingerprint density at radius 1 is 1.10 bits per heavy atom. The average molecular weight is 439 g/mol. The van der Waals surface area contributed by atoms with Crippen molar-refractivity contribution in [3.05, 3.63) is 58.0 Å². The molecule has 0 aliphatic rings. The molecule has 10 heteroatoms. The molecule has 1 heterocycles. The third kappa shape index (κ3) is 4.52. The van der Waals surface area contributed by atoms with Gasteiger partial charge in [-0.25, -0.2) is 4.68 Å². The molecule has 3 rings (SSSR count). The third-order valence-corrected chi connectivity index (χ3v) is 5.18. The van der Waals surface area contributed by atoms with Gasteiger partial charge in [0.1, 0.15) is 0 Å². The van der Waals surface area contributed by atoms with Gasteiger partial charge in [-0.1, -0.05) is 12.1 Å². The minimum atomic E-state index is -2.33. The van der Waals surface area contributed by atoms with Crippen LogP contribution in [0.2, 0.25) is 0 Å². The van der Waals surface area contributed by atoms with Crippen LogP contribution in [0, 0.1) is 0 Å². The van der Waals surface area contributed by atoms with E-state index in [0.717, 1.165) is 9.87 Å². The molecule has 1 unspecified atom stereocenters. The third-order valence-electron chi connectivity index (χ3n) is 4.52. The molecule has 0 N–H and O–H groups in total. The summed E-state index contributed by atoms with van der Waals surface area (Å²) in [5, 5.41) is 5.58. The van der Waals surface area contributed by atoms with E-state index in [4.69, 9.17) is 9.47 Å². The Hall–Kier alpha value is -2.62. The number of benzene rings is 2. The summed E-state index contributed by atoms with van der Waals surface area (Å²) in [6, 6.07) is 10.5. The number of nitrogens with zero attached hydrogens (tertiary/aromatic N) is 3. The monoisotopic (exact) mass is 438 g/mol. The molecule has 0 amide bonds. The number of methoxy groups -OCH3 is 2. The fourth-order valence-corrected chi connectivity index (χ4v) is 3.28. The normalized spacial score (nSPS) is 11.6. The molecule has 8 nitrogen and oxygen atoms in total. The van der Waals surface area contributed by atoms with Gasteiger partial charge in [0.25, 0.3) is 5.56 Å². The van der Waals surface area contributed by atoms with E-state index < -0.39 is 11.3 Å². The molecule has 1 aromatic heterocycles. The van der Waals surface area contributed by atoms with Crippen LogP contribution >= 0.6 is 12.4 Å². The molecule has 1 atom stereocenters. The lowest BCUT2D eigenvalue weighted by Crippen LogP contribution is -2.22. The van der Waals surface area contributed by atoms with Crippen molar-refractivity contribution in [3.8, 4) is 11.5 Å². The van der Waals surface area contributed by atoms with Gasteiger partial charge in [0.05, 0.1) is 25.3 Å². The fraction of sp³-hybridized carbons (Fsp3) is 0.263. The van der Waals surface area contributed by atoms with E-state index in [2.05, 4.69) is 5.10 Å². The summed E-state index contributed by atoms with van der Waals surface area (Å²) in [6.07, 6.45) is 0.463. The largest absolute Gasteiger partial charge is 0.755 e. The van der Waals surface area contributed by atoms with E-state index in [1.54, 1.807) is 31.3 Å². The van der Waals surface area contributed by atoms with Crippen LogP contribution in [0.4, 0.5) is 5.69 Å². The highest BCUT2D eigenvalue weighted by atomic mass is 35.5. The number of aromatic nitrogens is 2. The first-order valence-corrected chi connectivity index (χ1v) is 9.43. The molecule has 0 fully saturated rings. The van der Waals surface area contributed by atoms with Crippen molar-refractivity contribution in [2.45, 2.75) is 6.42 Å². The summed E-state index contributed by atoms with van der Waals surface area (Å²) < 4.78 is 35.2. The molecule has 156 valence electrons. The van der Waals surface area contributed by atoms with E-state index >= 15 is 0 Å². The predicted molar refractivity (Wildman–Crippen MR) is 114 cm³/mol. The van der Waals surface area contributed by atoms with Crippen molar-refractivity contribution < 1.29 is 18.2 Å². The van der Waals surface area contributed by atoms with Gasteiger partial charge in [-0.15, -0.1) is 12.4 Å². The zero-order valence-electron chi connectivity index (χ0n) is 16.4. The van der Waals surface area contributed by atoms with Gasteiger partial charge in [-0.05, 0) is 29.8 Å². The highest BCUT2D eigenvalue weighted by Gasteiger charge is 2.15. The standard InChI is InChI=1S/C19H21N3O5S.ClH/c1-21-19(23)15-11-18(27-4)17(26-3)10-14(15)16(20-21)9-12-5-7-13(8-6-12)22(2)28(24)25;/h5-8,10-11H,9H2,1-4H3,(H,24,25);1H/p-1. The van der Waals surface area contributed by atoms with Gasteiger partial charge in [0.15, 0.2) is 11.5 Å². The number of ether oxygens (including phenoxy) is 2. The number of aryl methyl sites for hydroxylation is 1. The molecule has 0 spiro atoms.